The molecule has 3 heteroatoms. The molecule has 1 amide bonds. The van der Waals surface area contributed by atoms with Crippen molar-refractivity contribution in [3.63, 3.8) is 0 Å². The van der Waals surface area contributed by atoms with Crippen molar-refractivity contribution in [2.24, 2.45) is 0 Å². The van der Waals surface area contributed by atoms with Gasteiger partial charge in [0.25, 0.3) is 0 Å². The number of likely N-dealkylation sites (N-methyl/N-ethyl adjacent to an activating group) is 1. The van der Waals surface area contributed by atoms with Gasteiger partial charge in [-0.3, -0.25) is 4.79 Å². The Labute approximate surface area is 102 Å². The van der Waals surface area contributed by atoms with Crippen LogP contribution in [0.25, 0.3) is 0 Å². The van der Waals surface area contributed by atoms with Crippen LogP contribution in [0.1, 0.15) is 25.5 Å². The second-order valence-electron chi connectivity index (χ2n) is 4.29. The fourth-order valence-corrected chi connectivity index (χ4v) is 1.63. The van der Waals surface area contributed by atoms with Gasteiger partial charge in [-0.15, -0.1) is 0 Å². The van der Waals surface area contributed by atoms with E-state index in [-0.39, 0.29) is 11.9 Å². The lowest BCUT2D eigenvalue weighted by Crippen LogP contribution is -2.39. The van der Waals surface area contributed by atoms with Crippen LogP contribution in [0.2, 0.25) is 0 Å². The summed E-state index contributed by atoms with van der Waals surface area (Å²) in [4.78, 5) is 13.2. The maximum atomic E-state index is 11.7. The first kappa shape index (κ1) is 13.5. The molecule has 1 rings (SSSR count). The van der Waals surface area contributed by atoms with Crippen LogP contribution in [-0.4, -0.2) is 29.0 Å². The van der Waals surface area contributed by atoms with Gasteiger partial charge in [0.05, 0.1) is 12.1 Å². The number of benzene rings is 1. The summed E-state index contributed by atoms with van der Waals surface area (Å²) < 4.78 is 0. The summed E-state index contributed by atoms with van der Waals surface area (Å²) in [6.45, 7) is 7.10. The number of carbonyl (C=O) groups is 1. The van der Waals surface area contributed by atoms with Crippen molar-refractivity contribution in [2.75, 3.05) is 7.05 Å². The highest BCUT2D eigenvalue weighted by Crippen LogP contribution is 2.20. The number of rotatable bonds is 4. The summed E-state index contributed by atoms with van der Waals surface area (Å²) in [5.74, 6) is -0.146. The van der Waals surface area contributed by atoms with Gasteiger partial charge >= 0.3 is 0 Å². The maximum Gasteiger partial charge on any atom is 0.248 e. The monoisotopic (exact) mass is 233 g/mol. The van der Waals surface area contributed by atoms with Gasteiger partial charge in [-0.1, -0.05) is 36.9 Å². The Morgan fingerprint density at radius 2 is 1.88 bits per heavy atom. The third-order valence-corrected chi connectivity index (χ3v) is 2.89. The molecule has 1 aromatic rings. The molecule has 0 aromatic heterocycles. The predicted molar refractivity (Wildman–Crippen MR) is 68.4 cm³/mol. The largest absolute Gasteiger partial charge is 0.386 e. The highest BCUT2D eigenvalue weighted by Gasteiger charge is 2.23. The van der Waals surface area contributed by atoms with Gasteiger partial charge in [0.2, 0.25) is 5.91 Å². The minimum Gasteiger partial charge on any atom is -0.386 e. The SMILES string of the molecule is C=C(C)C(=O)N(C)[C@@H](C)[C@H](O)c1ccccc1. The average molecular weight is 233 g/mol. The van der Waals surface area contributed by atoms with E-state index < -0.39 is 6.10 Å². The summed E-state index contributed by atoms with van der Waals surface area (Å²) in [5, 5.41) is 10.2. The zero-order valence-electron chi connectivity index (χ0n) is 10.6. The number of hydrogen-bond donors (Lipinski definition) is 1. The van der Waals surface area contributed by atoms with Crippen molar-refractivity contribution in [1.82, 2.24) is 4.90 Å². The van der Waals surface area contributed by atoms with Gasteiger partial charge in [-0.2, -0.15) is 0 Å². The van der Waals surface area contributed by atoms with Gasteiger partial charge in [0.15, 0.2) is 0 Å². The summed E-state index contributed by atoms with van der Waals surface area (Å²) in [5.41, 5.74) is 1.28. The fourth-order valence-electron chi connectivity index (χ4n) is 1.63. The van der Waals surface area contributed by atoms with E-state index in [0.29, 0.717) is 5.57 Å². The van der Waals surface area contributed by atoms with Crippen molar-refractivity contribution in [3.05, 3.63) is 48.0 Å². The molecule has 17 heavy (non-hydrogen) atoms. The van der Waals surface area contributed by atoms with Crippen LogP contribution in [0.15, 0.2) is 42.5 Å². The first-order valence-electron chi connectivity index (χ1n) is 5.60. The Morgan fingerprint density at radius 3 is 2.35 bits per heavy atom. The molecule has 0 saturated heterocycles. The summed E-state index contributed by atoms with van der Waals surface area (Å²) in [6.07, 6.45) is -0.690. The standard InChI is InChI=1S/C14H19NO2/c1-10(2)14(17)15(4)11(3)13(16)12-8-6-5-7-9-12/h5-9,11,13,16H,1H2,2-4H3/t11-,13-/m0/s1. The second kappa shape index (κ2) is 5.64. The van der Waals surface area contributed by atoms with E-state index >= 15 is 0 Å². The lowest BCUT2D eigenvalue weighted by molar-refractivity contribution is -0.129. The van der Waals surface area contributed by atoms with E-state index in [1.807, 2.05) is 37.3 Å². The zero-order valence-corrected chi connectivity index (χ0v) is 10.6. The van der Waals surface area contributed by atoms with Crippen molar-refractivity contribution in [2.45, 2.75) is 26.0 Å². The summed E-state index contributed by atoms with van der Waals surface area (Å²) in [7, 11) is 1.67. The fraction of sp³-hybridized carbons (Fsp3) is 0.357. The molecule has 1 aromatic carbocycles. The number of hydrogen-bond acceptors (Lipinski definition) is 2. The molecular formula is C14H19NO2. The van der Waals surface area contributed by atoms with Crippen LogP contribution in [0, 0.1) is 0 Å². The molecule has 0 unspecified atom stereocenters. The minimum absolute atomic E-state index is 0.146. The second-order valence-corrected chi connectivity index (χ2v) is 4.29. The molecule has 0 radical (unpaired) electrons. The van der Waals surface area contributed by atoms with Crippen LogP contribution < -0.4 is 0 Å². The van der Waals surface area contributed by atoms with Crippen LogP contribution in [0.5, 0.6) is 0 Å². The van der Waals surface area contributed by atoms with E-state index in [2.05, 4.69) is 6.58 Å². The Kier molecular flexibility index (Phi) is 4.46. The molecule has 2 atom stereocenters. The molecule has 0 aliphatic heterocycles. The predicted octanol–water partition coefficient (Wildman–Crippen LogP) is 2.14. The molecule has 3 nitrogen and oxygen atoms in total. The number of aliphatic hydroxyl groups excluding tert-OH is 1. The first-order chi connectivity index (χ1) is 7.95. The number of carbonyl (C=O) groups excluding carboxylic acids is 1. The summed E-state index contributed by atoms with van der Waals surface area (Å²) in [6, 6.07) is 9.03. The highest BCUT2D eigenvalue weighted by atomic mass is 16.3. The van der Waals surface area contributed by atoms with Crippen molar-refractivity contribution in [1.29, 1.82) is 0 Å². The minimum atomic E-state index is -0.690. The van der Waals surface area contributed by atoms with Gasteiger partial charge in [0.1, 0.15) is 0 Å². The number of amides is 1. The Balaban J connectivity index is 2.80. The van der Waals surface area contributed by atoms with Crippen molar-refractivity contribution >= 4 is 5.91 Å². The molecule has 0 spiro atoms. The normalized spacial score (nSPS) is 13.9. The summed E-state index contributed by atoms with van der Waals surface area (Å²) >= 11 is 0. The quantitative estimate of drug-likeness (QED) is 0.809. The third kappa shape index (κ3) is 3.17. The maximum absolute atomic E-state index is 11.7. The van der Waals surface area contributed by atoms with E-state index in [4.69, 9.17) is 0 Å². The lowest BCUT2D eigenvalue weighted by Gasteiger charge is -2.29. The first-order valence-corrected chi connectivity index (χ1v) is 5.60. The van der Waals surface area contributed by atoms with Gasteiger partial charge in [0, 0.05) is 12.6 Å². The van der Waals surface area contributed by atoms with Crippen LogP contribution in [0.3, 0.4) is 0 Å². The lowest BCUT2D eigenvalue weighted by atomic mass is 10.0. The molecule has 0 heterocycles. The zero-order chi connectivity index (χ0) is 13.0. The molecular weight excluding hydrogens is 214 g/mol. The van der Waals surface area contributed by atoms with E-state index in [0.717, 1.165) is 5.56 Å². The van der Waals surface area contributed by atoms with E-state index in [1.54, 1.807) is 14.0 Å². The van der Waals surface area contributed by atoms with Crippen LogP contribution >= 0.6 is 0 Å². The average Bonchev–Trinajstić information content (AvgIpc) is 2.36. The Hall–Kier alpha value is -1.61. The topological polar surface area (TPSA) is 40.5 Å². The van der Waals surface area contributed by atoms with Gasteiger partial charge < -0.3 is 10.0 Å². The van der Waals surface area contributed by atoms with E-state index in [9.17, 15) is 9.90 Å². The Bertz CT molecular complexity index is 400. The highest BCUT2D eigenvalue weighted by molar-refractivity contribution is 5.92. The van der Waals surface area contributed by atoms with Crippen LogP contribution in [-0.2, 0) is 4.79 Å². The van der Waals surface area contributed by atoms with Gasteiger partial charge in [-0.05, 0) is 19.4 Å². The molecule has 0 bridgehead atoms. The molecule has 0 aliphatic rings. The molecule has 0 saturated carbocycles. The number of nitrogens with zero attached hydrogens (tertiary/aromatic N) is 1. The third-order valence-electron chi connectivity index (χ3n) is 2.89. The molecule has 1 N–H and O–H groups in total. The molecule has 0 aliphatic carbocycles. The van der Waals surface area contributed by atoms with Gasteiger partial charge in [-0.25, -0.2) is 0 Å². The smallest absolute Gasteiger partial charge is 0.248 e. The molecule has 0 fully saturated rings. The Morgan fingerprint density at radius 1 is 1.35 bits per heavy atom. The molecule has 92 valence electrons. The van der Waals surface area contributed by atoms with E-state index in [1.165, 1.54) is 4.90 Å². The number of aliphatic hydroxyl groups is 1. The van der Waals surface area contributed by atoms with Crippen molar-refractivity contribution < 1.29 is 9.90 Å². The van der Waals surface area contributed by atoms with Crippen LogP contribution in [0.4, 0.5) is 0 Å². The van der Waals surface area contributed by atoms with Crippen molar-refractivity contribution in [3.8, 4) is 0 Å².